The second-order valence-corrected chi connectivity index (χ2v) is 3.82. The van der Waals surface area contributed by atoms with Crippen LogP contribution in [0.5, 0.6) is 0 Å². The van der Waals surface area contributed by atoms with Crippen molar-refractivity contribution in [2.45, 2.75) is 25.3 Å². The molecule has 84 valence electrons. The van der Waals surface area contributed by atoms with Crippen molar-refractivity contribution in [3.8, 4) is 11.6 Å². The van der Waals surface area contributed by atoms with Gasteiger partial charge in [-0.2, -0.15) is 10.1 Å². The summed E-state index contributed by atoms with van der Waals surface area (Å²) in [6, 6.07) is 0.705. The quantitative estimate of drug-likeness (QED) is 0.745. The molecule has 3 rings (SSSR count). The van der Waals surface area contributed by atoms with E-state index in [2.05, 4.69) is 30.6 Å². The maximum absolute atomic E-state index is 5.10. The fraction of sp³-hybridized carbons (Fsp3) is 0.556. The van der Waals surface area contributed by atoms with Crippen molar-refractivity contribution in [1.29, 1.82) is 0 Å². The van der Waals surface area contributed by atoms with E-state index in [1.165, 1.54) is 19.2 Å². The van der Waals surface area contributed by atoms with Crippen molar-refractivity contribution in [3.63, 3.8) is 0 Å². The number of nitrogens with one attached hydrogen (secondary N) is 2. The topological polar surface area (TPSA) is 92.5 Å². The summed E-state index contributed by atoms with van der Waals surface area (Å²) in [5.41, 5.74) is 0. The molecular weight excluding hydrogens is 208 g/mol. The Morgan fingerprint density at radius 1 is 1.50 bits per heavy atom. The van der Waals surface area contributed by atoms with E-state index >= 15 is 0 Å². The lowest BCUT2D eigenvalue weighted by atomic mass is 10.4. The molecule has 1 fully saturated rings. The highest BCUT2D eigenvalue weighted by Crippen LogP contribution is 2.18. The summed E-state index contributed by atoms with van der Waals surface area (Å²) < 4.78 is 5.10. The van der Waals surface area contributed by atoms with Gasteiger partial charge in [-0.15, -0.1) is 0 Å². The molecule has 1 saturated carbocycles. The van der Waals surface area contributed by atoms with Crippen LogP contribution in [0.1, 0.15) is 18.7 Å². The van der Waals surface area contributed by atoms with E-state index < -0.39 is 0 Å². The molecule has 0 radical (unpaired) electrons. The fourth-order valence-electron chi connectivity index (χ4n) is 1.44. The van der Waals surface area contributed by atoms with Crippen LogP contribution in [0.15, 0.2) is 10.9 Å². The predicted octanol–water partition coefficient (Wildman–Crippen LogP) is 0.149. The van der Waals surface area contributed by atoms with Crippen LogP contribution < -0.4 is 5.32 Å². The van der Waals surface area contributed by atoms with Crippen molar-refractivity contribution >= 4 is 0 Å². The third-order valence-electron chi connectivity index (χ3n) is 2.44. The first-order valence-corrected chi connectivity index (χ1v) is 5.33. The van der Waals surface area contributed by atoms with Gasteiger partial charge in [0.05, 0.1) is 0 Å². The number of hydrogen-bond donors (Lipinski definition) is 2. The molecule has 2 N–H and O–H groups in total. The van der Waals surface area contributed by atoms with Gasteiger partial charge in [0.25, 0.3) is 0 Å². The zero-order valence-electron chi connectivity index (χ0n) is 8.68. The van der Waals surface area contributed by atoms with Gasteiger partial charge in [0.1, 0.15) is 6.33 Å². The molecular formula is C9H12N6O. The highest BCUT2D eigenvalue weighted by atomic mass is 16.5. The molecule has 0 unspecified atom stereocenters. The van der Waals surface area contributed by atoms with Gasteiger partial charge < -0.3 is 9.84 Å². The molecule has 2 aromatic rings. The monoisotopic (exact) mass is 220 g/mol. The summed E-state index contributed by atoms with van der Waals surface area (Å²) >= 11 is 0. The smallest absolute Gasteiger partial charge is 0.239 e. The first-order chi connectivity index (χ1) is 7.92. The van der Waals surface area contributed by atoms with Gasteiger partial charge in [-0.3, -0.25) is 5.10 Å². The molecule has 7 nitrogen and oxygen atoms in total. The Kier molecular flexibility index (Phi) is 2.37. The number of nitrogens with zero attached hydrogens (tertiary/aromatic N) is 4. The Labute approximate surface area is 91.7 Å². The molecule has 1 aliphatic rings. The Bertz CT molecular complexity index is 446. The number of aromatic nitrogens is 5. The minimum absolute atomic E-state index is 0.457. The van der Waals surface area contributed by atoms with E-state index in [1.807, 2.05) is 0 Å². The summed E-state index contributed by atoms with van der Waals surface area (Å²) in [6.45, 7) is 0.878. The van der Waals surface area contributed by atoms with E-state index in [-0.39, 0.29) is 0 Å². The third kappa shape index (κ3) is 2.08. The van der Waals surface area contributed by atoms with Crippen LogP contribution >= 0.6 is 0 Å². The van der Waals surface area contributed by atoms with Gasteiger partial charge in [-0.25, -0.2) is 4.98 Å². The van der Waals surface area contributed by atoms with Gasteiger partial charge in [0.2, 0.25) is 11.7 Å². The van der Waals surface area contributed by atoms with Crippen LogP contribution in [0.4, 0.5) is 0 Å². The van der Waals surface area contributed by atoms with Crippen molar-refractivity contribution < 1.29 is 4.52 Å². The molecule has 0 amide bonds. The number of rotatable bonds is 5. The molecule has 0 atom stereocenters. The predicted molar refractivity (Wildman–Crippen MR) is 54.4 cm³/mol. The number of hydrogen-bond acceptors (Lipinski definition) is 6. The zero-order chi connectivity index (χ0) is 10.8. The van der Waals surface area contributed by atoms with Crippen molar-refractivity contribution in [2.24, 2.45) is 0 Å². The summed E-state index contributed by atoms with van der Waals surface area (Å²) in [7, 11) is 0. The second-order valence-electron chi connectivity index (χ2n) is 3.82. The minimum atomic E-state index is 0.457. The SMILES string of the molecule is c1n[nH]c(-c2noc(CCNC3CC3)n2)n1. The van der Waals surface area contributed by atoms with E-state index in [1.54, 1.807) is 0 Å². The molecule has 0 aromatic carbocycles. The number of H-pyrrole nitrogens is 1. The van der Waals surface area contributed by atoms with Crippen LogP contribution in [-0.4, -0.2) is 37.9 Å². The van der Waals surface area contributed by atoms with Crippen molar-refractivity contribution in [1.82, 2.24) is 30.6 Å². The largest absolute Gasteiger partial charge is 0.339 e. The molecule has 0 saturated heterocycles. The van der Waals surface area contributed by atoms with Crippen LogP contribution in [0.2, 0.25) is 0 Å². The normalized spacial score (nSPS) is 15.5. The summed E-state index contributed by atoms with van der Waals surface area (Å²) in [6.07, 6.45) is 4.73. The van der Waals surface area contributed by atoms with E-state index in [9.17, 15) is 0 Å². The standard InChI is InChI=1S/C9H12N6O/c1-2-6(1)10-4-3-7-13-9(15-16-7)8-11-5-12-14-8/h5-6,10H,1-4H2,(H,11,12,14). The first-order valence-electron chi connectivity index (χ1n) is 5.33. The molecule has 0 spiro atoms. The van der Waals surface area contributed by atoms with Gasteiger partial charge in [-0.05, 0) is 12.8 Å². The number of aromatic amines is 1. The summed E-state index contributed by atoms with van der Waals surface area (Å²) in [4.78, 5) is 8.17. The minimum Gasteiger partial charge on any atom is -0.339 e. The maximum atomic E-state index is 5.10. The lowest BCUT2D eigenvalue weighted by Crippen LogP contribution is -2.19. The molecule has 0 aliphatic heterocycles. The zero-order valence-corrected chi connectivity index (χ0v) is 8.68. The third-order valence-corrected chi connectivity index (χ3v) is 2.44. The summed E-state index contributed by atoms with van der Waals surface area (Å²) in [5.74, 6) is 1.61. The average Bonchev–Trinajstić information content (AvgIpc) is 2.83. The Balaban J connectivity index is 1.59. The molecule has 2 aromatic heterocycles. The second kappa shape index (κ2) is 4.01. The maximum Gasteiger partial charge on any atom is 0.239 e. The highest BCUT2D eigenvalue weighted by molar-refractivity contribution is 5.39. The molecule has 2 heterocycles. The average molecular weight is 220 g/mol. The lowest BCUT2D eigenvalue weighted by molar-refractivity contribution is 0.376. The van der Waals surface area contributed by atoms with E-state index in [0.29, 0.717) is 23.6 Å². The van der Waals surface area contributed by atoms with Crippen LogP contribution in [-0.2, 0) is 6.42 Å². The van der Waals surface area contributed by atoms with Gasteiger partial charge in [-0.1, -0.05) is 5.16 Å². The lowest BCUT2D eigenvalue weighted by Gasteiger charge is -1.96. The van der Waals surface area contributed by atoms with Crippen LogP contribution in [0.25, 0.3) is 11.6 Å². The highest BCUT2D eigenvalue weighted by Gasteiger charge is 2.20. The van der Waals surface area contributed by atoms with Gasteiger partial charge in [0, 0.05) is 19.0 Å². The molecule has 16 heavy (non-hydrogen) atoms. The molecule has 0 bridgehead atoms. The Morgan fingerprint density at radius 2 is 2.44 bits per heavy atom. The Morgan fingerprint density at radius 3 is 3.19 bits per heavy atom. The van der Waals surface area contributed by atoms with Crippen molar-refractivity contribution in [3.05, 3.63) is 12.2 Å². The van der Waals surface area contributed by atoms with Gasteiger partial charge in [0.15, 0.2) is 5.82 Å². The first kappa shape index (κ1) is 9.46. The van der Waals surface area contributed by atoms with E-state index in [4.69, 9.17) is 4.52 Å². The van der Waals surface area contributed by atoms with E-state index in [0.717, 1.165) is 13.0 Å². The van der Waals surface area contributed by atoms with Crippen LogP contribution in [0.3, 0.4) is 0 Å². The van der Waals surface area contributed by atoms with Crippen molar-refractivity contribution in [2.75, 3.05) is 6.54 Å². The van der Waals surface area contributed by atoms with Crippen LogP contribution in [0, 0.1) is 0 Å². The van der Waals surface area contributed by atoms with Gasteiger partial charge >= 0.3 is 0 Å². The Hall–Kier alpha value is -1.76. The summed E-state index contributed by atoms with van der Waals surface area (Å²) in [5, 5.41) is 13.6. The fourth-order valence-corrected chi connectivity index (χ4v) is 1.44. The molecule has 7 heteroatoms. The molecule has 1 aliphatic carbocycles.